The number of nitrogens with one attached hydrogen (secondary N) is 2. The minimum absolute atomic E-state index is 0.0176. The van der Waals surface area contributed by atoms with Crippen molar-refractivity contribution in [2.24, 2.45) is 0 Å². The van der Waals surface area contributed by atoms with Crippen molar-refractivity contribution in [2.75, 3.05) is 36.4 Å². The van der Waals surface area contributed by atoms with Gasteiger partial charge in [0.15, 0.2) is 0 Å². The zero-order valence-electron chi connectivity index (χ0n) is 14.6. The van der Waals surface area contributed by atoms with Crippen LogP contribution in [0.1, 0.15) is 12.0 Å². The Morgan fingerprint density at radius 1 is 1.00 bits per heavy atom. The summed E-state index contributed by atoms with van der Waals surface area (Å²) in [5.74, 6) is 0.358. The molecule has 2 aromatic carbocycles. The number of hydrogen-bond acceptors (Lipinski definition) is 5. The molecule has 0 atom stereocenters. The summed E-state index contributed by atoms with van der Waals surface area (Å²) < 4.78 is 28.4. The number of para-hydroxylation sites is 1. The van der Waals surface area contributed by atoms with Crippen LogP contribution in [0.25, 0.3) is 5.69 Å². The highest BCUT2D eigenvalue weighted by Gasteiger charge is 2.16. The van der Waals surface area contributed by atoms with Gasteiger partial charge in [0.1, 0.15) is 6.33 Å². The fourth-order valence-electron chi connectivity index (χ4n) is 3.09. The fourth-order valence-corrected chi connectivity index (χ4v) is 3.09. The maximum absolute atomic E-state index is 13.4. The summed E-state index contributed by atoms with van der Waals surface area (Å²) in [5.41, 5.74) is 2.18. The maximum atomic E-state index is 13.4. The lowest BCUT2D eigenvalue weighted by Gasteiger charge is -2.30. The highest BCUT2D eigenvalue weighted by molar-refractivity contribution is 5.64. The van der Waals surface area contributed by atoms with Gasteiger partial charge < -0.3 is 15.5 Å². The molecule has 0 amide bonds. The molecule has 1 aromatic heterocycles. The fraction of sp³-hybridized carbons (Fsp3) is 0.263. The lowest BCUT2D eigenvalue weighted by molar-refractivity contribution is 0.151. The molecule has 0 saturated carbocycles. The number of anilines is 3. The summed E-state index contributed by atoms with van der Waals surface area (Å²) in [4.78, 5) is 6.33. The molecule has 0 radical (unpaired) electrons. The van der Waals surface area contributed by atoms with E-state index in [2.05, 4.69) is 25.6 Å². The molecule has 3 aromatic rings. The van der Waals surface area contributed by atoms with Crippen LogP contribution in [0.15, 0.2) is 54.9 Å². The first-order valence-electron chi connectivity index (χ1n) is 8.82. The van der Waals surface area contributed by atoms with E-state index >= 15 is 0 Å². The molecule has 0 spiro atoms. The Hall–Kier alpha value is -3.00. The molecule has 6 nitrogen and oxygen atoms in total. The Bertz CT molecular complexity index is 890. The lowest BCUT2D eigenvalue weighted by Crippen LogP contribution is -2.43. The van der Waals surface area contributed by atoms with Crippen LogP contribution in [-0.4, -0.2) is 40.9 Å². The van der Waals surface area contributed by atoms with Gasteiger partial charge in [0.2, 0.25) is 5.95 Å². The van der Waals surface area contributed by atoms with E-state index in [0.717, 1.165) is 37.6 Å². The maximum Gasteiger partial charge on any atom is 0.263 e. The molecule has 2 heterocycles. The van der Waals surface area contributed by atoms with Crippen LogP contribution in [0.4, 0.5) is 26.1 Å². The zero-order valence-corrected chi connectivity index (χ0v) is 14.6. The average Bonchev–Trinajstić information content (AvgIpc) is 3.17. The van der Waals surface area contributed by atoms with Crippen LogP contribution in [0.3, 0.4) is 0 Å². The number of halogens is 2. The highest BCUT2D eigenvalue weighted by atomic mass is 19.3. The number of piperazine rings is 1. The third-order valence-corrected chi connectivity index (χ3v) is 4.44. The predicted molar refractivity (Wildman–Crippen MR) is 101 cm³/mol. The van der Waals surface area contributed by atoms with E-state index < -0.39 is 6.43 Å². The largest absolute Gasteiger partial charge is 0.369 e. The quantitative estimate of drug-likeness (QED) is 0.721. The van der Waals surface area contributed by atoms with Crippen LogP contribution < -0.4 is 15.5 Å². The van der Waals surface area contributed by atoms with Crippen molar-refractivity contribution in [1.29, 1.82) is 0 Å². The summed E-state index contributed by atoms with van der Waals surface area (Å²) in [6.07, 6.45) is -0.950. The van der Waals surface area contributed by atoms with Gasteiger partial charge in [-0.15, -0.1) is 5.10 Å². The number of nitrogens with zero attached hydrogens (tertiary/aromatic N) is 4. The molecule has 0 aliphatic carbocycles. The highest BCUT2D eigenvalue weighted by Crippen LogP contribution is 2.30. The molecule has 8 heteroatoms. The van der Waals surface area contributed by atoms with Gasteiger partial charge in [0.05, 0.1) is 5.69 Å². The van der Waals surface area contributed by atoms with E-state index in [0.29, 0.717) is 11.6 Å². The van der Waals surface area contributed by atoms with Gasteiger partial charge in [0, 0.05) is 43.1 Å². The number of alkyl halides is 2. The topological polar surface area (TPSA) is 58.0 Å². The van der Waals surface area contributed by atoms with Crippen molar-refractivity contribution in [3.8, 4) is 5.69 Å². The van der Waals surface area contributed by atoms with Gasteiger partial charge in [-0.2, -0.15) is 4.98 Å². The Morgan fingerprint density at radius 3 is 2.52 bits per heavy atom. The third kappa shape index (κ3) is 4.06. The van der Waals surface area contributed by atoms with E-state index in [9.17, 15) is 8.78 Å². The van der Waals surface area contributed by atoms with Crippen molar-refractivity contribution < 1.29 is 8.78 Å². The van der Waals surface area contributed by atoms with Gasteiger partial charge >= 0.3 is 0 Å². The molecule has 1 aliphatic heterocycles. The minimum Gasteiger partial charge on any atom is -0.369 e. The Morgan fingerprint density at radius 2 is 1.78 bits per heavy atom. The van der Waals surface area contributed by atoms with E-state index in [1.807, 2.05) is 36.4 Å². The summed E-state index contributed by atoms with van der Waals surface area (Å²) in [6, 6.07) is 14.4. The molecule has 2 N–H and O–H groups in total. The summed E-state index contributed by atoms with van der Waals surface area (Å²) in [7, 11) is 0. The van der Waals surface area contributed by atoms with E-state index in [1.165, 1.54) is 6.07 Å². The molecule has 1 aliphatic rings. The molecular weight excluding hydrogens is 350 g/mol. The van der Waals surface area contributed by atoms with Gasteiger partial charge in [-0.05, 0) is 30.3 Å². The van der Waals surface area contributed by atoms with Crippen LogP contribution >= 0.6 is 0 Å². The van der Waals surface area contributed by atoms with Crippen molar-refractivity contribution >= 4 is 17.3 Å². The SMILES string of the molecule is FC(F)c1cc(Nc2ncn(-c3ccccc3)n2)cc(N2CCNCC2)c1. The number of rotatable bonds is 5. The first-order valence-corrected chi connectivity index (χ1v) is 8.82. The minimum atomic E-state index is -2.54. The van der Waals surface area contributed by atoms with Gasteiger partial charge in [0.25, 0.3) is 6.43 Å². The zero-order chi connectivity index (χ0) is 18.6. The van der Waals surface area contributed by atoms with Gasteiger partial charge in [-0.25, -0.2) is 13.5 Å². The Labute approximate surface area is 155 Å². The number of aromatic nitrogens is 3. The second-order valence-corrected chi connectivity index (χ2v) is 6.32. The molecule has 1 saturated heterocycles. The monoisotopic (exact) mass is 370 g/mol. The van der Waals surface area contributed by atoms with Crippen LogP contribution in [0, 0.1) is 0 Å². The van der Waals surface area contributed by atoms with Gasteiger partial charge in [-0.1, -0.05) is 18.2 Å². The number of hydrogen-bond donors (Lipinski definition) is 2. The van der Waals surface area contributed by atoms with Crippen molar-refractivity contribution in [3.05, 3.63) is 60.4 Å². The predicted octanol–water partition coefficient (Wildman–Crippen LogP) is 3.36. The van der Waals surface area contributed by atoms with Crippen LogP contribution in [-0.2, 0) is 0 Å². The van der Waals surface area contributed by atoms with Crippen molar-refractivity contribution in [1.82, 2.24) is 20.1 Å². The lowest BCUT2D eigenvalue weighted by atomic mass is 10.1. The molecule has 140 valence electrons. The average molecular weight is 370 g/mol. The summed E-state index contributed by atoms with van der Waals surface area (Å²) in [6.45, 7) is 3.25. The smallest absolute Gasteiger partial charge is 0.263 e. The van der Waals surface area contributed by atoms with Crippen molar-refractivity contribution in [3.63, 3.8) is 0 Å². The summed E-state index contributed by atoms with van der Waals surface area (Å²) in [5, 5.41) is 10.7. The van der Waals surface area contributed by atoms with Crippen LogP contribution in [0.5, 0.6) is 0 Å². The van der Waals surface area contributed by atoms with Gasteiger partial charge in [-0.3, -0.25) is 0 Å². The Balaban J connectivity index is 1.59. The first kappa shape index (κ1) is 17.4. The molecule has 1 fully saturated rings. The van der Waals surface area contributed by atoms with Crippen molar-refractivity contribution in [2.45, 2.75) is 6.43 Å². The van der Waals surface area contributed by atoms with Crippen LogP contribution in [0.2, 0.25) is 0 Å². The Kier molecular flexibility index (Phi) is 4.97. The molecule has 27 heavy (non-hydrogen) atoms. The first-order chi connectivity index (χ1) is 13.2. The normalized spacial score (nSPS) is 14.6. The second kappa shape index (κ2) is 7.71. The number of benzene rings is 2. The molecule has 0 unspecified atom stereocenters. The second-order valence-electron chi connectivity index (χ2n) is 6.32. The van der Waals surface area contributed by atoms with E-state index in [4.69, 9.17) is 0 Å². The van der Waals surface area contributed by atoms with E-state index in [-0.39, 0.29) is 5.56 Å². The molecule has 0 bridgehead atoms. The summed E-state index contributed by atoms with van der Waals surface area (Å²) >= 11 is 0. The molecular formula is C19H20F2N6. The third-order valence-electron chi connectivity index (χ3n) is 4.44. The standard InChI is InChI=1S/C19H20F2N6/c20-18(21)14-10-15(12-17(11-14)26-8-6-22-7-9-26)24-19-23-13-27(25-19)16-4-2-1-3-5-16/h1-5,10-13,18,22H,6-9H2,(H,24,25). The molecule has 4 rings (SSSR count). The van der Waals surface area contributed by atoms with E-state index in [1.54, 1.807) is 17.1 Å².